The van der Waals surface area contributed by atoms with Gasteiger partial charge in [0.1, 0.15) is 5.65 Å². The summed E-state index contributed by atoms with van der Waals surface area (Å²) in [4.78, 5) is 19.6. The lowest BCUT2D eigenvalue weighted by Gasteiger charge is -2.17. The van der Waals surface area contributed by atoms with Crippen LogP contribution >= 0.6 is 0 Å². The van der Waals surface area contributed by atoms with E-state index < -0.39 is 0 Å². The van der Waals surface area contributed by atoms with Gasteiger partial charge in [0.15, 0.2) is 0 Å². The Bertz CT molecular complexity index is 1150. The Morgan fingerprint density at radius 3 is 2.92 bits per heavy atom. The highest BCUT2D eigenvalue weighted by Crippen LogP contribution is 2.34. The van der Waals surface area contributed by atoms with Gasteiger partial charge in [-0.1, -0.05) is 0 Å². The maximum Gasteiger partial charge on any atom is 0.260 e. The summed E-state index contributed by atoms with van der Waals surface area (Å²) in [6.45, 7) is 0.723. The zero-order valence-electron chi connectivity index (χ0n) is 14.2. The molecule has 0 unspecified atom stereocenters. The monoisotopic (exact) mass is 330 g/mol. The van der Waals surface area contributed by atoms with Crippen molar-refractivity contribution in [3.63, 3.8) is 0 Å². The van der Waals surface area contributed by atoms with E-state index in [9.17, 15) is 4.79 Å². The average Bonchev–Trinajstić information content (AvgIpc) is 3.30. The van der Waals surface area contributed by atoms with Crippen molar-refractivity contribution < 1.29 is 4.79 Å². The summed E-state index contributed by atoms with van der Waals surface area (Å²) in [5, 5.41) is 2.07. The molecule has 1 amide bonds. The van der Waals surface area contributed by atoms with Crippen LogP contribution in [0.4, 0.5) is 5.69 Å². The number of aryl methyl sites for hydroxylation is 2. The summed E-state index contributed by atoms with van der Waals surface area (Å²) < 4.78 is 4.04. The molecule has 124 valence electrons. The Morgan fingerprint density at radius 1 is 1.16 bits per heavy atom. The lowest BCUT2D eigenvalue weighted by molar-refractivity contribution is 0.0991. The predicted molar refractivity (Wildman–Crippen MR) is 99.0 cm³/mol. The first kappa shape index (κ1) is 14.3. The number of nitrogens with zero attached hydrogens (tertiary/aromatic N) is 4. The fourth-order valence-electron chi connectivity index (χ4n) is 3.89. The number of pyridine rings is 1. The van der Waals surface area contributed by atoms with Crippen LogP contribution in [0.1, 0.15) is 15.9 Å². The van der Waals surface area contributed by atoms with Crippen molar-refractivity contribution in [1.82, 2.24) is 14.1 Å². The smallest absolute Gasteiger partial charge is 0.260 e. The van der Waals surface area contributed by atoms with Crippen LogP contribution in [0.3, 0.4) is 0 Å². The molecule has 4 heterocycles. The fourth-order valence-corrected chi connectivity index (χ4v) is 3.89. The van der Waals surface area contributed by atoms with Gasteiger partial charge in [-0.3, -0.25) is 4.79 Å². The van der Waals surface area contributed by atoms with Crippen molar-refractivity contribution in [3.8, 4) is 0 Å². The Hall–Kier alpha value is -3.08. The van der Waals surface area contributed by atoms with Gasteiger partial charge in [-0.2, -0.15) is 0 Å². The van der Waals surface area contributed by atoms with Gasteiger partial charge < -0.3 is 14.0 Å². The van der Waals surface area contributed by atoms with Crippen molar-refractivity contribution in [3.05, 3.63) is 60.0 Å². The third-order valence-electron chi connectivity index (χ3n) is 5.19. The third kappa shape index (κ3) is 1.95. The molecule has 0 saturated carbocycles. The lowest BCUT2D eigenvalue weighted by Crippen LogP contribution is -2.28. The highest BCUT2D eigenvalue weighted by atomic mass is 16.2. The van der Waals surface area contributed by atoms with E-state index in [1.807, 2.05) is 34.8 Å². The summed E-state index contributed by atoms with van der Waals surface area (Å²) in [5.74, 6) is 0.0487. The van der Waals surface area contributed by atoms with E-state index in [0.717, 1.165) is 29.7 Å². The molecule has 5 heteroatoms. The van der Waals surface area contributed by atoms with Crippen LogP contribution in [0.25, 0.3) is 21.9 Å². The number of amides is 1. The number of aromatic nitrogens is 3. The number of rotatable bonds is 1. The number of hydrogen-bond acceptors (Lipinski definition) is 2. The first-order valence-electron chi connectivity index (χ1n) is 8.43. The second-order valence-electron chi connectivity index (χ2n) is 6.70. The second kappa shape index (κ2) is 4.96. The predicted octanol–water partition coefficient (Wildman–Crippen LogP) is 3.27. The van der Waals surface area contributed by atoms with Gasteiger partial charge >= 0.3 is 0 Å². The number of benzene rings is 1. The van der Waals surface area contributed by atoms with Crippen molar-refractivity contribution in [2.45, 2.75) is 6.42 Å². The standard InChI is InChI=1S/C20H18N4O/c1-22-8-5-13-11-18-14(10-17(13)22)6-9-24(18)20(25)16-12-23(2)19-15(16)4-3-7-21-19/h3-5,7-8,10-12H,6,9H2,1-2H3. The normalized spacial score (nSPS) is 13.8. The van der Waals surface area contributed by atoms with Crippen LogP contribution in [-0.4, -0.2) is 26.6 Å². The Labute approximate surface area is 145 Å². The van der Waals surface area contributed by atoms with E-state index in [0.29, 0.717) is 5.56 Å². The molecule has 0 spiro atoms. The summed E-state index contributed by atoms with van der Waals surface area (Å²) in [5.41, 5.74) is 5.03. The first-order chi connectivity index (χ1) is 12.1. The van der Waals surface area contributed by atoms with E-state index in [1.54, 1.807) is 6.20 Å². The molecule has 0 atom stereocenters. The molecule has 0 radical (unpaired) electrons. The first-order valence-corrected chi connectivity index (χ1v) is 8.43. The molecule has 3 aromatic heterocycles. The van der Waals surface area contributed by atoms with Crippen LogP contribution in [0.5, 0.6) is 0 Å². The maximum atomic E-state index is 13.3. The second-order valence-corrected chi connectivity index (χ2v) is 6.70. The van der Waals surface area contributed by atoms with E-state index in [-0.39, 0.29) is 5.91 Å². The molecule has 1 aromatic carbocycles. The highest BCUT2D eigenvalue weighted by molar-refractivity contribution is 6.15. The van der Waals surface area contributed by atoms with Crippen molar-refractivity contribution in [1.29, 1.82) is 0 Å². The number of anilines is 1. The van der Waals surface area contributed by atoms with Crippen LogP contribution < -0.4 is 4.90 Å². The zero-order chi connectivity index (χ0) is 17.1. The molecule has 5 nitrogen and oxygen atoms in total. The highest BCUT2D eigenvalue weighted by Gasteiger charge is 2.28. The minimum atomic E-state index is 0.0487. The van der Waals surface area contributed by atoms with E-state index in [2.05, 4.69) is 41.0 Å². The number of carbonyl (C=O) groups is 1. The summed E-state index contributed by atoms with van der Waals surface area (Å²) in [7, 11) is 3.98. The molecule has 0 N–H and O–H groups in total. The van der Waals surface area contributed by atoms with E-state index >= 15 is 0 Å². The van der Waals surface area contributed by atoms with Gasteiger partial charge in [-0.05, 0) is 42.3 Å². The fraction of sp³-hybridized carbons (Fsp3) is 0.200. The molecule has 0 aliphatic carbocycles. The molecule has 0 saturated heterocycles. The van der Waals surface area contributed by atoms with Crippen LogP contribution in [0, 0.1) is 0 Å². The Morgan fingerprint density at radius 2 is 2.04 bits per heavy atom. The summed E-state index contributed by atoms with van der Waals surface area (Å²) >= 11 is 0. The van der Waals surface area contributed by atoms with Gasteiger partial charge in [-0.25, -0.2) is 4.98 Å². The topological polar surface area (TPSA) is 43.1 Å². The van der Waals surface area contributed by atoms with Gasteiger partial charge in [0.2, 0.25) is 0 Å². The summed E-state index contributed by atoms with van der Waals surface area (Å²) in [6, 6.07) is 10.3. The molecule has 1 aliphatic rings. The van der Waals surface area contributed by atoms with Crippen LogP contribution in [-0.2, 0) is 20.5 Å². The molecular formula is C20H18N4O. The average molecular weight is 330 g/mol. The number of hydrogen-bond donors (Lipinski definition) is 0. The van der Waals surface area contributed by atoms with E-state index in [1.165, 1.54) is 16.5 Å². The molecule has 1 aliphatic heterocycles. The minimum absolute atomic E-state index is 0.0487. The van der Waals surface area contributed by atoms with Gasteiger partial charge in [0.25, 0.3) is 5.91 Å². The quantitative estimate of drug-likeness (QED) is 0.538. The molecular weight excluding hydrogens is 312 g/mol. The third-order valence-corrected chi connectivity index (χ3v) is 5.19. The molecule has 4 aromatic rings. The number of carbonyl (C=O) groups excluding carboxylic acids is 1. The molecule has 5 rings (SSSR count). The van der Waals surface area contributed by atoms with Crippen molar-refractivity contribution >= 4 is 33.5 Å². The maximum absolute atomic E-state index is 13.3. The molecule has 0 fully saturated rings. The minimum Gasteiger partial charge on any atom is -0.351 e. The summed E-state index contributed by atoms with van der Waals surface area (Å²) in [6.07, 6.45) is 6.60. The van der Waals surface area contributed by atoms with Gasteiger partial charge in [0, 0.05) is 61.2 Å². The van der Waals surface area contributed by atoms with Crippen molar-refractivity contribution in [2.24, 2.45) is 14.1 Å². The molecule has 0 bridgehead atoms. The largest absolute Gasteiger partial charge is 0.351 e. The Balaban J connectivity index is 1.63. The Kier molecular flexibility index (Phi) is 2.83. The zero-order valence-corrected chi connectivity index (χ0v) is 14.2. The number of fused-ring (bicyclic) bond motifs is 3. The van der Waals surface area contributed by atoms with Crippen molar-refractivity contribution in [2.75, 3.05) is 11.4 Å². The van der Waals surface area contributed by atoms with Crippen LogP contribution in [0.15, 0.2) is 48.9 Å². The SMILES string of the molecule is Cn1ccc2cc3c(cc21)CCN3C(=O)c1cn(C)c2ncccc12. The lowest BCUT2D eigenvalue weighted by atomic mass is 10.1. The van der Waals surface area contributed by atoms with Gasteiger partial charge in [-0.15, -0.1) is 0 Å². The van der Waals surface area contributed by atoms with E-state index in [4.69, 9.17) is 0 Å². The van der Waals surface area contributed by atoms with Gasteiger partial charge in [0.05, 0.1) is 5.56 Å². The molecule has 25 heavy (non-hydrogen) atoms. The van der Waals surface area contributed by atoms with Crippen LogP contribution in [0.2, 0.25) is 0 Å².